The Morgan fingerprint density at radius 1 is 1.11 bits per heavy atom. The number of nitrogens with one attached hydrogen (secondary N) is 2. The van der Waals surface area contributed by atoms with Crippen LogP contribution >= 0.6 is 11.6 Å². The van der Waals surface area contributed by atoms with E-state index in [0.29, 0.717) is 5.56 Å². The van der Waals surface area contributed by atoms with Crippen molar-refractivity contribution in [2.45, 2.75) is 13.0 Å². The van der Waals surface area contributed by atoms with Crippen molar-refractivity contribution in [3.05, 3.63) is 74.8 Å². The van der Waals surface area contributed by atoms with E-state index in [1.165, 1.54) is 13.0 Å². The number of ether oxygens (including phenoxy) is 1. The molecule has 1 atom stereocenters. The number of rotatable bonds is 5. The van der Waals surface area contributed by atoms with Gasteiger partial charge in [0.15, 0.2) is 6.10 Å². The van der Waals surface area contributed by atoms with Gasteiger partial charge in [-0.1, -0.05) is 29.8 Å². The van der Waals surface area contributed by atoms with E-state index in [9.17, 15) is 24.5 Å². The lowest BCUT2D eigenvalue weighted by Gasteiger charge is -2.14. The second kappa shape index (κ2) is 8.77. The highest BCUT2D eigenvalue weighted by atomic mass is 35.5. The van der Waals surface area contributed by atoms with Gasteiger partial charge in [-0.25, -0.2) is 4.79 Å². The van der Waals surface area contributed by atoms with Crippen molar-refractivity contribution < 1.29 is 24.0 Å². The molecular formula is C17H14ClN3O6. The molecule has 0 heterocycles. The molecule has 0 saturated carbocycles. The van der Waals surface area contributed by atoms with Crippen molar-refractivity contribution in [3.8, 4) is 0 Å². The van der Waals surface area contributed by atoms with Crippen LogP contribution in [0.4, 0.5) is 5.69 Å². The number of carbonyl (C=O) groups is 3. The summed E-state index contributed by atoms with van der Waals surface area (Å²) in [6.45, 7) is 1.25. The Morgan fingerprint density at radius 3 is 2.41 bits per heavy atom. The lowest BCUT2D eigenvalue weighted by molar-refractivity contribution is -0.385. The minimum atomic E-state index is -1.32. The Balaban J connectivity index is 1.97. The zero-order chi connectivity index (χ0) is 20.0. The van der Waals surface area contributed by atoms with Crippen LogP contribution in [0, 0.1) is 10.1 Å². The zero-order valence-electron chi connectivity index (χ0n) is 14.0. The van der Waals surface area contributed by atoms with Crippen molar-refractivity contribution in [1.82, 2.24) is 10.9 Å². The number of carbonyl (C=O) groups excluding carboxylic acids is 3. The van der Waals surface area contributed by atoms with E-state index < -0.39 is 34.5 Å². The van der Waals surface area contributed by atoms with Gasteiger partial charge in [0.25, 0.3) is 17.5 Å². The quantitative estimate of drug-likeness (QED) is 0.457. The Hall–Kier alpha value is -3.46. The first kappa shape index (κ1) is 19.9. The average Bonchev–Trinajstić information content (AvgIpc) is 2.66. The third-order valence-electron chi connectivity index (χ3n) is 3.36. The molecule has 2 N–H and O–H groups in total. The Morgan fingerprint density at radius 2 is 1.78 bits per heavy atom. The molecule has 0 aromatic heterocycles. The lowest BCUT2D eigenvalue weighted by atomic mass is 10.2. The van der Waals surface area contributed by atoms with Crippen LogP contribution in [-0.4, -0.2) is 28.8 Å². The molecule has 2 aromatic carbocycles. The number of halogens is 1. The summed E-state index contributed by atoms with van der Waals surface area (Å²) in [6.07, 6.45) is -1.32. The summed E-state index contributed by atoms with van der Waals surface area (Å²) in [5, 5.41) is 11.1. The molecule has 2 amide bonds. The highest BCUT2D eigenvalue weighted by Gasteiger charge is 2.26. The third kappa shape index (κ3) is 5.25. The maximum atomic E-state index is 12.1. The molecule has 27 heavy (non-hydrogen) atoms. The first-order chi connectivity index (χ1) is 12.8. The van der Waals surface area contributed by atoms with Gasteiger partial charge in [0.2, 0.25) is 0 Å². The number of nitrogens with zero attached hydrogens (tertiary/aromatic N) is 1. The molecule has 0 radical (unpaired) electrons. The Kier molecular flexibility index (Phi) is 6.45. The van der Waals surface area contributed by atoms with Gasteiger partial charge in [0.05, 0.1) is 4.92 Å². The third-order valence-corrected chi connectivity index (χ3v) is 3.60. The number of benzene rings is 2. The molecule has 0 unspecified atom stereocenters. The summed E-state index contributed by atoms with van der Waals surface area (Å²) in [6, 6.07) is 11.5. The normalized spacial score (nSPS) is 11.2. The summed E-state index contributed by atoms with van der Waals surface area (Å²) in [5.41, 5.74) is 3.71. The highest BCUT2D eigenvalue weighted by molar-refractivity contribution is 6.31. The fraction of sp³-hybridized carbons (Fsp3) is 0.118. The van der Waals surface area contributed by atoms with Crippen LogP contribution in [0.3, 0.4) is 0 Å². The van der Waals surface area contributed by atoms with E-state index >= 15 is 0 Å². The second-order valence-electron chi connectivity index (χ2n) is 5.28. The van der Waals surface area contributed by atoms with Gasteiger partial charge in [0, 0.05) is 16.7 Å². The zero-order valence-corrected chi connectivity index (χ0v) is 14.7. The van der Waals surface area contributed by atoms with E-state index in [1.54, 1.807) is 30.3 Å². The summed E-state index contributed by atoms with van der Waals surface area (Å²) in [7, 11) is 0. The van der Waals surface area contributed by atoms with E-state index in [2.05, 4.69) is 10.9 Å². The van der Waals surface area contributed by atoms with E-state index in [0.717, 1.165) is 12.1 Å². The molecule has 0 aliphatic heterocycles. The lowest BCUT2D eigenvalue weighted by Crippen LogP contribution is -2.46. The summed E-state index contributed by atoms with van der Waals surface area (Å²) in [5.74, 6) is -2.45. The van der Waals surface area contributed by atoms with Gasteiger partial charge >= 0.3 is 5.97 Å². The fourth-order valence-corrected chi connectivity index (χ4v) is 2.15. The highest BCUT2D eigenvalue weighted by Crippen LogP contribution is 2.24. The number of amides is 2. The van der Waals surface area contributed by atoms with Crippen LogP contribution in [0.25, 0.3) is 0 Å². The van der Waals surface area contributed by atoms with Crippen molar-refractivity contribution in [2.24, 2.45) is 0 Å². The molecule has 10 heteroatoms. The molecule has 0 aliphatic rings. The summed E-state index contributed by atoms with van der Waals surface area (Å²) < 4.78 is 4.92. The molecule has 0 aliphatic carbocycles. The molecular weight excluding hydrogens is 378 g/mol. The van der Waals surface area contributed by atoms with Crippen LogP contribution in [0.5, 0.6) is 0 Å². The van der Waals surface area contributed by atoms with Gasteiger partial charge in [-0.15, -0.1) is 0 Å². The van der Waals surface area contributed by atoms with Crippen molar-refractivity contribution in [3.63, 3.8) is 0 Å². The van der Waals surface area contributed by atoms with Crippen LogP contribution in [0.2, 0.25) is 5.02 Å². The van der Waals surface area contributed by atoms with Crippen LogP contribution in [0.15, 0.2) is 48.5 Å². The van der Waals surface area contributed by atoms with E-state index in [1.807, 2.05) is 0 Å². The molecule has 0 bridgehead atoms. The molecule has 0 spiro atoms. The van der Waals surface area contributed by atoms with E-state index in [4.69, 9.17) is 16.3 Å². The van der Waals surface area contributed by atoms with Gasteiger partial charge in [-0.2, -0.15) is 0 Å². The Bertz CT molecular complexity index is 887. The molecule has 140 valence electrons. The first-order valence-corrected chi connectivity index (χ1v) is 7.97. The maximum absolute atomic E-state index is 12.1. The average molecular weight is 392 g/mol. The van der Waals surface area contributed by atoms with E-state index in [-0.39, 0.29) is 10.6 Å². The summed E-state index contributed by atoms with van der Waals surface area (Å²) >= 11 is 5.68. The molecule has 9 nitrogen and oxygen atoms in total. The predicted molar refractivity (Wildman–Crippen MR) is 95.0 cm³/mol. The fourth-order valence-electron chi connectivity index (χ4n) is 1.99. The standard InChI is InChI=1S/C17H14ClN3O6/c1-10(15(22)19-20-16(23)11-5-3-2-4-6-11)27-17(24)13-8-7-12(18)9-14(13)21(25)26/h2-10H,1H3,(H,19,22)(H,20,23)/t10-/m1/s1. The Labute approximate surface area is 158 Å². The maximum Gasteiger partial charge on any atom is 0.345 e. The smallest absolute Gasteiger partial charge is 0.345 e. The van der Waals surface area contributed by atoms with Crippen molar-refractivity contribution in [2.75, 3.05) is 0 Å². The molecule has 2 aromatic rings. The number of nitro benzene ring substituents is 1. The number of hydrogen-bond acceptors (Lipinski definition) is 6. The first-order valence-electron chi connectivity index (χ1n) is 7.59. The van der Waals surface area contributed by atoms with Gasteiger partial charge in [-0.3, -0.25) is 30.6 Å². The van der Waals surface area contributed by atoms with Gasteiger partial charge in [-0.05, 0) is 31.2 Å². The predicted octanol–water partition coefficient (Wildman–Crippen LogP) is 2.25. The number of hydrazine groups is 1. The number of esters is 1. The van der Waals surface area contributed by atoms with Gasteiger partial charge in [0.1, 0.15) is 5.56 Å². The number of nitro groups is 1. The topological polar surface area (TPSA) is 128 Å². The van der Waals surface area contributed by atoms with Crippen molar-refractivity contribution >= 4 is 35.1 Å². The molecule has 0 saturated heterocycles. The van der Waals surface area contributed by atoms with Crippen LogP contribution in [-0.2, 0) is 9.53 Å². The minimum Gasteiger partial charge on any atom is -0.449 e. The second-order valence-corrected chi connectivity index (χ2v) is 5.71. The summed E-state index contributed by atoms with van der Waals surface area (Å²) in [4.78, 5) is 46.2. The van der Waals surface area contributed by atoms with Gasteiger partial charge < -0.3 is 4.74 Å². The molecule has 0 fully saturated rings. The largest absolute Gasteiger partial charge is 0.449 e. The SMILES string of the molecule is C[C@@H](OC(=O)c1ccc(Cl)cc1[N+](=O)[O-])C(=O)NNC(=O)c1ccccc1. The minimum absolute atomic E-state index is 0.0765. The van der Waals surface area contributed by atoms with Crippen molar-refractivity contribution in [1.29, 1.82) is 0 Å². The molecule has 2 rings (SSSR count). The van der Waals surface area contributed by atoms with Crippen LogP contribution < -0.4 is 10.9 Å². The monoisotopic (exact) mass is 391 g/mol. The van der Waals surface area contributed by atoms with Crippen LogP contribution in [0.1, 0.15) is 27.6 Å². The number of hydrogen-bond donors (Lipinski definition) is 2.